The molecule has 0 unspecified atom stereocenters. The molecule has 4 rings (SSSR count). The zero-order chi connectivity index (χ0) is 18.6. The average molecular weight is 379 g/mol. The summed E-state index contributed by atoms with van der Waals surface area (Å²) in [6.07, 6.45) is 0.934. The molecule has 0 spiro atoms. The molecule has 0 radical (unpaired) electrons. The number of benzene rings is 2. The standard InChI is InChI=1S/C22H23ClN4/c1-2-24-22-25-20-12-13-27(14-16-6-4-3-5-7-16)15-19(20)21(26-22)17-8-10-18(23)11-9-17/h3-11H,2,12-15H2,1H3,(H,24,25,26). The summed E-state index contributed by atoms with van der Waals surface area (Å²) >= 11 is 6.08. The van der Waals surface area contributed by atoms with E-state index in [1.807, 2.05) is 24.3 Å². The van der Waals surface area contributed by atoms with Gasteiger partial charge >= 0.3 is 0 Å². The highest BCUT2D eigenvalue weighted by molar-refractivity contribution is 6.30. The first-order valence-electron chi connectivity index (χ1n) is 9.39. The summed E-state index contributed by atoms with van der Waals surface area (Å²) in [5, 5.41) is 4.00. The van der Waals surface area contributed by atoms with Gasteiger partial charge in [0.05, 0.1) is 11.4 Å². The molecule has 0 saturated heterocycles. The highest BCUT2D eigenvalue weighted by atomic mass is 35.5. The smallest absolute Gasteiger partial charge is 0.223 e. The molecule has 0 atom stereocenters. The van der Waals surface area contributed by atoms with Crippen LogP contribution in [0.15, 0.2) is 54.6 Å². The third-order valence-corrected chi connectivity index (χ3v) is 5.09. The molecular formula is C22H23ClN4. The SMILES string of the molecule is CCNc1nc2c(c(-c3ccc(Cl)cc3)n1)CN(Cc1ccccc1)CC2. The van der Waals surface area contributed by atoms with Crippen LogP contribution in [0.5, 0.6) is 0 Å². The number of hydrogen-bond donors (Lipinski definition) is 1. The molecule has 1 aromatic heterocycles. The van der Waals surface area contributed by atoms with E-state index in [1.54, 1.807) is 0 Å². The minimum atomic E-state index is 0.706. The predicted molar refractivity (Wildman–Crippen MR) is 111 cm³/mol. The number of rotatable bonds is 5. The predicted octanol–water partition coefficient (Wildman–Crippen LogP) is 4.79. The third kappa shape index (κ3) is 4.12. The third-order valence-electron chi connectivity index (χ3n) is 4.84. The van der Waals surface area contributed by atoms with E-state index in [1.165, 1.54) is 11.1 Å². The van der Waals surface area contributed by atoms with Gasteiger partial charge in [-0.2, -0.15) is 0 Å². The van der Waals surface area contributed by atoms with E-state index in [0.29, 0.717) is 5.95 Å². The quantitative estimate of drug-likeness (QED) is 0.693. The first kappa shape index (κ1) is 18.0. The van der Waals surface area contributed by atoms with Crippen LogP contribution in [0.3, 0.4) is 0 Å². The molecule has 1 N–H and O–H groups in total. The monoisotopic (exact) mass is 378 g/mol. The normalized spacial score (nSPS) is 14.0. The number of hydrogen-bond acceptors (Lipinski definition) is 4. The minimum Gasteiger partial charge on any atom is -0.354 e. The van der Waals surface area contributed by atoms with Crippen molar-refractivity contribution in [2.45, 2.75) is 26.4 Å². The molecule has 0 fully saturated rings. The molecule has 5 heteroatoms. The number of anilines is 1. The highest BCUT2D eigenvalue weighted by Crippen LogP contribution is 2.30. The Morgan fingerprint density at radius 3 is 2.56 bits per heavy atom. The van der Waals surface area contributed by atoms with E-state index in [2.05, 4.69) is 47.5 Å². The minimum absolute atomic E-state index is 0.706. The molecule has 138 valence electrons. The van der Waals surface area contributed by atoms with Crippen LogP contribution in [-0.2, 0) is 19.5 Å². The second-order valence-electron chi connectivity index (χ2n) is 6.80. The molecule has 2 heterocycles. The van der Waals surface area contributed by atoms with Crippen molar-refractivity contribution < 1.29 is 0 Å². The van der Waals surface area contributed by atoms with Gasteiger partial charge in [0.2, 0.25) is 5.95 Å². The van der Waals surface area contributed by atoms with Crippen LogP contribution in [0.1, 0.15) is 23.7 Å². The Bertz CT molecular complexity index is 910. The van der Waals surface area contributed by atoms with Crippen LogP contribution < -0.4 is 5.32 Å². The number of fused-ring (bicyclic) bond motifs is 1. The summed E-state index contributed by atoms with van der Waals surface area (Å²) in [6, 6.07) is 18.5. The van der Waals surface area contributed by atoms with Crippen molar-refractivity contribution in [1.29, 1.82) is 0 Å². The summed E-state index contributed by atoms with van der Waals surface area (Å²) in [5.41, 5.74) is 5.79. The van der Waals surface area contributed by atoms with Gasteiger partial charge in [-0.1, -0.05) is 54.1 Å². The van der Waals surface area contributed by atoms with Gasteiger partial charge in [0.15, 0.2) is 0 Å². The molecule has 1 aliphatic rings. The second-order valence-corrected chi connectivity index (χ2v) is 7.24. The highest BCUT2D eigenvalue weighted by Gasteiger charge is 2.23. The van der Waals surface area contributed by atoms with Crippen LogP contribution in [0.25, 0.3) is 11.3 Å². The molecule has 0 bridgehead atoms. The molecule has 0 aliphatic carbocycles. The maximum Gasteiger partial charge on any atom is 0.223 e. The Labute approximate surface area is 165 Å². The van der Waals surface area contributed by atoms with Crippen LogP contribution in [0.2, 0.25) is 5.02 Å². The van der Waals surface area contributed by atoms with E-state index in [-0.39, 0.29) is 0 Å². The molecule has 4 nitrogen and oxygen atoms in total. The summed E-state index contributed by atoms with van der Waals surface area (Å²) in [6.45, 7) is 5.67. The lowest BCUT2D eigenvalue weighted by Crippen LogP contribution is -2.31. The molecular weight excluding hydrogens is 356 g/mol. The lowest BCUT2D eigenvalue weighted by molar-refractivity contribution is 0.243. The van der Waals surface area contributed by atoms with Crippen molar-refractivity contribution in [1.82, 2.24) is 14.9 Å². The fourth-order valence-electron chi connectivity index (χ4n) is 3.53. The average Bonchev–Trinajstić information content (AvgIpc) is 2.69. The first-order chi connectivity index (χ1) is 13.2. The number of halogens is 1. The van der Waals surface area contributed by atoms with Gasteiger partial charge in [0.1, 0.15) is 0 Å². The van der Waals surface area contributed by atoms with Crippen LogP contribution in [0, 0.1) is 0 Å². The first-order valence-corrected chi connectivity index (χ1v) is 9.76. The van der Waals surface area contributed by atoms with Crippen molar-refractivity contribution in [2.24, 2.45) is 0 Å². The zero-order valence-electron chi connectivity index (χ0n) is 15.5. The van der Waals surface area contributed by atoms with Crippen molar-refractivity contribution in [3.8, 4) is 11.3 Å². The summed E-state index contributed by atoms with van der Waals surface area (Å²) in [4.78, 5) is 12.1. The Morgan fingerprint density at radius 2 is 1.81 bits per heavy atom. The van der Waals surface area contributed by atoms with Gasteiger partial charge in [-0.15, -0.1) is 0 Å². The Hall–Kier alpha value is -2.43. The topological polar surface area (TPSA) is 41.1 Å². The maximum atomic E-state index is 6.08. The van der Waals surface area contributed by atoms with Gasteiger partial charge in [-0.05, 0) is 24.6 Å². The van der Waals surface area contributed by atoms with Gasteiger partial charge in [-0.3, -0.25) is 4.90 Å². The van der Waals surface area contributed by atoms with E-state index in [4.69, 9.17) is 21.6 Å². The van der Waals surface area contributed by atoms with Gasteiger partial charge in [-0.25, -0.2) is 9.97 Å². The molecule has 27 heavy (non-hydrogen) atoms. The fourth-order valence-corrected chi connectivity index (χ4v) is 3.66. The van der Waals surface area contributed by atoms with Crippen molar-refractivity contribution in [3.63, 3.8) is 0 Å². The molecule has 0 amide bonds. The summed E-state index contributed by atoms with van der Waals surface area (Å²) in [5.74, 6) is 0.706. The molecule has 1 aliphatic heterocycles. The van der Waals surface area contributed by atoms with Gasteiger partial charge < -0.3 is 5.32 Å². The maximum absolute atomic E-state index is 6.08. The van der Waals surface area contributed by atoms with Gasteiger partial charge in [0.25, 0.3) is 0 Å². The lowest BCUT2D eigenvalue weighted by atomic mass is 9.99. The Balaban J connectivity index is 1.68. The number of nitrogens with zero attached hydrogens (tertiary/aromatic N) is 3. The molecule has 0 saturated carbocycles. The van der Waals surface area contributed by atoms with E-state index >= 15 is 0 Å². The van der Waals surface area contributed by atoms with Crippen LogP contribution >= 0.6 is 11.6 Å². The van der Waals surface area contributed by atoms with Crippen LogP contribution in [0.4, 0.5) is 5.95 Å². The number of aromatic nitrogens is 2. The Kier molecular flexibility index (Phi) is 5.37. The lowest BCUT2D eigenvalue weighted by Gasteiger charge is -2.29. The van der Waals surface area contributed by atoms with Crippen molar-refractivity contribution >= 4 is 17.5 Å². The largest absolute Gasteiger partial charge is 0.354 e. The van der Waals surface area contributed by atoms with E-state index < -0.39 is 0 Å². The van der Waals surface area contributed by atoms with E-state index in [0.717, 1.165) is 54.6 Å². The molecule has 3 aromatic rings. The van der Waals surface area contributed by atoms with Crippen molar-refractivity contribution in [2.75, 3.05) is 18.4 Å². The molecule has 2 aromatic carbocycles. The van der Waals surface area contributed by atoms with E-state index in [9.17, 15) is 0 Å². The van der Waals surface area contributed by atoms with Gasteiger partial charge in [0, 0.05) is 48.7 Å². The second kappa shape index (κ2) is 8.07. The fraction of sp³-hybridized carbons (Fsp3) is 0.273. The summed E-state index contributed by atoms with van der Waals surface area (Å²) in [7, 11) is 0. The Morgan fingerprint density at radius 1 is 1.04 bits per heavy atom. The summed E-state index contributed by atoms with van der Waals surface area (Å²) < 4.78 is 0. The zero-order valence-corrected chi connectivity index (χ0v) is 16.2. The van der Waals surface area contributed by atoms with Crippen LogP contribution in [-0.4, -0.2) is 28.0 Å². The van der Waals surface area contributed by atoms with Crippen molar-refractivity contribution in [3.05, 3.63) is 76.4 Å². The number of nitrogens with one attached hydrogen (secondary N) is 1.